The van der Waals surface area contributed by atoms with E-state index in [1.165, 1.54) is 7.11 Å². The number of ether oxygens (including phenoxy) is 5. The molecule has 1 fully saturated rings. The monoisotopic (exact) mass is 819 g/mol. The second kappa shape index (κ2) is 19.2. The van der Waals surface area contributed by atoms with Gasteiger partial charge >= 0.3 is 5.97 Å². The topological polar surface area (TPSA) is 104 Å². The van der Waals surface area contributed by atoms with Gasteiger partial charge in [-0.15, -0.1) is 0 Å². The number of benzene rings is 4. The predicted molar refractivity (Wildman–Crippen MR) is 226 cm³/mol. The van der Waals surface area contributed by atoms with Crippen LogP contribution in [-0.4, -0.2) is 72.2 Å². The van der Waals surface area contributed by atoms with Crippen LogP contribution in [0.2, 0.25) is 0 Å². The number of carbonyl (C=O) groups is 1. The van der Waals surface area contributed by atoms with Crippen molar-refractivity contribution in [3.8, 4) is 28.1 Å². The summed E-state index contributed by atoms with van der Waals surface area (Å²) in [5, 5.41) is 11.4. The molecule has 1 unspecified atom stereocenters. The fourth-order valence-corrected chi connectivity index (χ4v) is 7.52. The van der Waals surface area contributed by atoms with Crippen LogP contribution in [0.15, 0.2) is 109 Å². The van der Waals surface area contributed by atoms with Gasteiger partial charge in [0.1, 0.15) is 23.8 Å². The van der Waals surface area contributed by atoms with Gasteiger partial charge in [-0.05, 0) is 74.1 Å². The van der Waals surface area contributed by atoms with E-state index in [9.17, 15) is 18.7 Å². The SMILES string of the molecule is COC(=O)C(O)c1c(C)cc2nc(-c3cccc(-c4cc(F)c(F)cc4OCc4ccccc4)c3)cn2c1N1CCC(C)(OCCOC[C@@H](C)OCc2ccccc2)CC1. The van der Waals surface area contributed by atoms with Crippen molar-refractivity contribution in [1.29, 1.82) is 0 Å². The highest BCUT2D eigenvalue weighted by Crippen LogP contribution is 2.39. The van der Waals surface area contributed by atoms with Crippen molar-refractivity contribution in [1.82, 2.24) is 9.38 Å². The minimum Gasteiger partial charge on any atom is -0.488 e. The Bertz CT molecular complexity index is 2380. The Balaban J connectivity index is 1.09. The first kappa shape index (κ1) is 42.5. The molecule has 2 aromatic heterocycles. The quantitative estimate of drug-likeness (QED) is 0.0714. The van der Waals surface area contributed by atoms with E-state index >= 15 is 0 Å². The molecule has 2 atom stereocenters. The van der Waals surface area contributed by atoms with Crippen molar-refractivity contribution in [2.45, 2.75) is 64.6 Å². The molecule has 1 aliphatic heterocycles. The molecule has 4 aromatic carbocycles. The van der Waals surface area contributed by atoms with E-state index < -0.39 is 29.3 Å². The molecule has 0 saturated carbocycles. The summed E-state index contributed by atoms with van der Waals surface area (Å²) in [6.45, 7) is 9.10. The molecule has 0 aliphatic carbocycles. The number of rotatable bonds is 17. The van der Waals surface area contributed by atoms with Crippen LogP contribution < -0.4 is 9.64 Å². The third-order valence-corrected chi connectivity index (χ3v) is 10.9. The van der Waals surface area contributed by atoms with Gasteiger partial charge in [0.05, 0.1) is 50.9 Å². The summed E-state index contributed by atoms with van der Waals surface area (Å²) in [7, 11) is 1.25. The lowest BCUT2D eigenvalue weighted by Gasteiger charge is -2.41. The summed E-state index contributed by atoms with van der Waals surface area (Å²) in [6, 6.07) is 30.9. The largest absolute Gasteiger partial charge is 0.488 e. The summed E-state index contributed by atoms with van der Waals surface area (Å²) in [5.41, 5.74) is 5.61. The normalized spacial score (nSPS) is 14.9. The van der Waals surface area contributed by atoms with Gasteiger partial charge in [-0.25, -0.2) is 18.6 Å². The van der Waals surface area contributed by atoms with Crippen LogP contribution in [0.25, 0.3) is 28.0 Å². The summed E-state index contributed by atoms with van der Waals surface area (Å²) in [5.74, 6) is -1.93. The number of hydrogen-bond donors (Lipinski definition) is 1. The number of aliphatic hydroxyl groups excluding tert-OH is 1. The molecule has 1 N–H and O–H groups in total. The molecule has 12 heteroatoms. The first-order chi connectivity index (χ1) is 29.0. The lowest BCUT2D eigenvalue weighted by Crippen LogP contribution is -2.45. The van der Waals surface area contributed by atoms with Crippen molar-refractivity contribution in [2.75, 3.05) is 44.9 Å². The van der Waals surface area contributed by atoms with Gasteiger partial charge in [0.25, 0.3) is 0 Å². The molecule has 0 amide bonds. The number of hydrogen-bond acceptors (Lipinski definition) is 9. The number of esters is 1. The number of nitrogens with zero attached hydrogens (tertiary/aromatic N) is 3. The smallest absolute Gasteiger partial charge is 0.339 e. The maximum atomic E-state index is 14.7. The summed E-state index contributed by atoms with van der Waals surface area (Å²) < 4.78 is 60.4. The zero-order valence-corrected chi connectivity index (χ0v) is 34.4. The van der Waals surface area contributed by atoms with Gasteiger partial charge in [-0.3, -0.25) is 4.40 Å². The highest BCUT2D eigenvalue weighted by molar-refractivity contribution is 5.81. The molecule has 0 radical (unpaired) electrons. The lowest BCUT2D eigenvalue weighted by atomic mass is 9.92. The Morgan fingerprint density at radius 3 is 2.23 bits per heavy atom. The molecule has 1 aliphatic rings. The second-order valence-electron chi connectivity index (χ2n) is 15.4. The van der Waals surface area contributed by atoms with Crippen LogP contribution in [-0.2, 0) is 37.0 Å². The number of imidazole rings is 1. The molecule has 314 valence electrons. The zero-order valence-electron chi connectivity index (χ0n) is 34.4. The maximum Gasteiger partial charge on any atom is 0.339 e. The molecular formula is C48H51F2N3O7. The van der Waals surface area contributed by atoms with Crippen LogP contribution >= 0.6 is 0 Å². The molecule has 3 heterocycles. The number of aliphatic hydroxyl groups is 1. The van der Waals surface area contributed by atoms with Crippen molar-refractivity contribution >= 4 is 17.4 Å². The first-order valence-electron chi connectivity index (χ1n) is 20.2. The zero-order chi connectivity index (χ0) is 42.2. The van der Waals surface area contributed by atoms with E-state index in [0.29, 0.717) is 97.3 Å². The van der Waals surface area contributed by atoms with Crippen LogP contribution in [0, 0.1) is 18.6 Å². The van der Waals surface area contributed by atoms with Gasteiger partial charge < -0.3 is 33.7 Å². The molecule has 0 spiro atoms. The highest BCUT2D eigenvalue weighted by Gasteiger charge is 2.35. The Morgan fingerprint density at radius 1 is 0.867 bits per heavy atom. The van der Waals surface area contributed by atoms with Gasteiger partial charge in [-0.1, -0.05) is 78.9 Å². The Hall–Kier alpha value is -5.66. The van der Waals surface area contributed by atoms with Crippen LogP contribution in [0.3, 0.4) is 0 Å². The summed E-state index contributed by atoms with van der Waals surface area (Å²) in [4.78, 5) is 20.0. The summed E-state index contributed by atoms with van der Waals surface area (Å²) >= 11 is 0. The second-order valence-corrected chi connectivity index (χ2v) is 15.4. The van der Waals surface area contributed by atoms with Crippen molar-refractivity contribution in [3.05, 3.63) is 143 Å². The van der Waals surface area contributed by atoms with Gasteiger partial charge in [0.15, 0.2) is 17.7 Å². The Kier molecular flexibility index (Phi) is 13.6. The predicted octanol–water partition coefficient (Wildman–Crippen LogP) is 9.04. The fourth-order valence-electron chi connectivity index (χ4n) is 7.52. The third-order valence-electron chi connectivity index (χ3n) is 10.9. The van der Waals surface area contributed by atoms with Gasteiger partial charge in [-0.2, -0.15) is 0 Å². The van der Waals surface area contributed by atoms with E-state index in [4.69, 9.17) is 28.7 Å². The standard InChI is InChI=1S/C48H51F2N3O7/c1-32-24-43-51-41(37-17-11-16-36(25-37)38-26-39(49)40(50)27-42(38)59-31-35-14-9-6-10-15-35)28-53(43)46(44(32)45(54)47(55)56-4)52-20-18-48(3,19-21-52)60-23-22-57-29-33(2)58-30-34-12-7-5-8-13-34/h5-17,24-28,33,45,54H,18-23,29-31H2,1-4H3/t33-,45?/m1/s1. The number of anilines is 1. The number of halogens is 2. The highest BCUT2D eigenvalue weighted by atomic mass is 19.2. The average molecular weight is 820 g/mol. The number of carbonyl (C=O) groups excluding carboxylic acids is 1. The van der Waals surface area contributed by atoms with E-state index in [0.717, 1.165) is 23.3 Å². The minimum atomic E-state index is -1.54. The number of methoxy groups -OCH3 is 1. The van der Waals surface area contributed by atoms with E-state index in [-0.39, 0.29) is 18.5 Å². The number of pyridine rings is 1. The van der Waals surface area contributed by atoms with Gasteiger partial charge in [0.2, 0.25) is 0 Å². The molecular weight excluding hydrogens is 769 g/mol. The number of aromatic nitrogens is 2. The molecule has 0 bridgehead atoms. The van der Waals surface area contributed by atoms with Crippen LogP contribution in [0.1, 0.15) is 55.0 Å². The van der Waals surface area contributed by atoms with E-state index in [2.05, 4.69) is 11.8 Å². The van der Waals surface area contributed by atoms with Crippen LogP contribution in [0.4, 0.5) is 14.6 Å². The maximum absolute atomic E-state index is 14.7. The van der Waals surface area contributed by atoms with E-state index in [1.807, 2.05) is 115 Å². The van der Waals surface area contributed by atoms with Crippen molar-refractivity contribution in [2.24, 2.45) is 0 Å². The lowest BCUT2D eigenvalue weighted by molar-refractivity contribution is -0.150. The Morgan fingerprint density at radius 2 is 1.53 bits per heavy atom. The van der Waals surface area contributed by atoms with Gasteiger partial charge in [0, 0.05) is 42.0 Å². The number of piperidine rings is 1. The number of aryl methyl sites for hydroxylation is 1. The van der Waals surface area contributed by atoms with Crippen LogP contribution in [0.5, 0.6) is 5.75 Å². The average Bonchev–Trinajstić information content (AvgIpc) is 3.69. The summed E-state index contributed by atoms with van der Waals surface area (Å²) in [6.07, 6.45) is 1.63. The molecule has 6 aromatic rings. The van der Waals surface area contributed by atoms with Crippen molar-refractivity contribution in [3.63, 3.8) is 0 Å². The van der Waals surface area contributed by atoms with Crippen molar-refractivity contribution < 1.29 is 42.4 Å². The molecule has 10 nitrogen and oxygen atoms in total. The molecule has 7 rings (SSSR count). The Labute approximate surface area is 349 Å². The fraction of sp³-hybridized carbons (Fsp3) is 0.333. The number of fused-ring (bicyclic) bond motifs is 1. The third kappa shape index (κ3) is 10.0. The molecule has 60 heavy (non-hydrogen) atoms. The first-order valence-corrected chi connectivity index (χ1v) is 20.2. The minimum absolute atomic E-state index is 0.0608. The molecule has 1 saturated heterocycles. The van der Waals surface area contributed by atoms with E-state index in [1.54, 1.807) is 0 Å².